The van der Waals surface area contributed by atoms with Crippen molar-refractivity contribution in [2.75, 3.05) is 6.61 Å². The standard InChI is InChI=1S/C24H28BF3N2O4/c1-4-6-16-10-13-20(19(7-5-2)21(16)25-32)33-15-23(3,14-29)30-22(31)17-8-11-18(12-9-17)34-24(26,27)28/h8-13,25,32H,4-7,15H2,1-3H3,(H,30,31). The lowest BCUT2D eigenvalue weighted by atomic mass is 9.77. The molecule has 0 saturated heterocycles. The van der Waals surface area contributed by atoms with Crippen molar-refractivity contribution in [3.05, 3.63) is 53.1 Å². The highest BCUT2D eigenvalue weighted by Gasteiger charge is 2.31. The van der Waals surface area contributed by atoms with Gasteiger partial charge in [-0.1, -0.05) is 38.3 Å². The smallest absolute Gasteiger partial charge is 0.490 e. The number of hydrogen-bond donors (Lipinski definition) is 2. The number of rotatable bonds is 11. The van der Waals surface area contributed by atoms with Crippen molar-refractivity contribution in [3.63, 3.8) is 0 Å². The van der Waals surface area contributed by atoms with Crippen LogP contribution in [0, 0.1) is 11.3 Å². The minimum Gasteiger partial charge on any atom is -0.490 e. The van der Waals surface area contributed by atoms with Crippen LogP contribution in [0.25, 0.3) is 0 Å². The number of hydrogen-bond acceptors (Lipinski definition) is 5. The van der Waals surface area contributed by atoms with E-state index in [0.717, 1.165) is 48.0 Å². The molecular weight excluding hydrogens is 448 g/mol. The highest BCUT2D eigenvalue weighted by atomic mass is 19.4. The van der Waals surface area contributed by atoms with Crippen LogP contribution in [0.2, 0.25) is 0 Å². The second-order valence-electron chi connectivity index (χ2n) is 8.10. The number of nitrogens with one attached hydrogen (secondary N) is 1. The van der Waals surface area contributed by atoms with Gasteiger partial charge in [-0.3, -0.25) is 4.79 Å². The van der Waals surface area contributed by atoms with Gasteiger partial charge in [0.2, 0.25) is 0 Å². The summed E-state index contributed by atoms with van der Waals surface area (Å²) in [7, 11) is -0.123. The Hall–Kier alpha value is -3.19. The number of carbonyl (C=O) groups excluding carboxylic acids is 1. The van der Waals surface area contributed by atoms with Gasteiger partial charge in [-0.15, -0.1) is 13.2 Å². The Labute approximate surface area is 198 Å². The zero-order chi connectivity index (χ0) is 25.4. The first-order chi connectivity index (χ1) is 16.1. The number of nitriles is 1. The Morgan fingerprint density at radius 2 is 1.76 bits per heavy atom. The molecule has 0 aromatic heterocycles. The molecule has 0 bridgehead atoms. The van der Waals surface area contributed by atoms with E-state index in [1.165, 1.54) is 19.1 Å². The molecule has 0 saturated carbocycles. The summed E-state index contributed by atoms with van der Waals surface area (Å²) >= 11 is 0. The van der Waals surface area contributed by atoms with Crippen LogP contribution < -0.4 is 20.3 Å². The van der Waals surface area contributed by atoms with E-state index in [-0.39, 0.29) is 19.7 Å². The van der Waals surface area contributed by atoms with E-state index in [2.05, 4.69) is 17.0 Å². The summed E-state index contributed by atoms with van der Waals surface area (Å²) in [6, 6.07) is 10.1. The monoisotopic (exact) mass is 476 g/mol. The Bertz CT molecular complexity index is 1020. The fraction of sp³-hybridized carbons (Fsp3) is 0.417. The van der Waals surface area contributed by atoms with Gasteiger partial charge in [0.15, 0.2) is 5.54 Å². The van der Waals surface area contributed by atoms with Gasteiger partial charge < -0.3 is 19.8 Å². The van der Waals surface area contributed by atoms with Gasteiger partial charge in [-0.2, -0.15) is 5.26 Å². The molecule has 10 heteroatoms. The molecule has 1 atom stereocenters. The Kier molecular flexibility index (Phi) is 9.39. The predicted molar refractivity (Wildman–Crippen MR) is 124 cm³/mol. The van der Waals surface area contributed by atoms with Crippen LogP contribution >= 0.6 is 0 Å². The molecule has 182 valence electrons. The SMILES string of the molecule is CCCc1ccc(OCC(C)(C#N)NC(=O)c2ccc(OC(F)(F)F)cc2)c(CCC)c1BO. The molecule has 1 amide bonds. The van der Waals surface area contributed by atoms with E-state index in [0.29, 0.717) is 12.2 Å². The third-order valence-electron chi connectivity index (χ3n) is 5.17. The zero-order valence-corrected chi connectivity index (χ0v) is 19.5. The Morgan fingerprint density at radius 3 is 2.29 bits per heavy atom. The molecule has 0 heterocycles. The summed E-state index contributed by atoms with van der Waals surface area (Å²) in [6.07, 6.45) is -1.56. The molecule has 34 heavy (non-hydrogen) atoms. The van der Waals surface area contributed by atoms with Crippen LogP contribution in [0.3, 0.4) is 0 Å². The maximum absolute atomic E-state index is 12.6. The molecule has 0 fully saturated rings. The highest BCUT2D eigenvalue weighted by Crippen LogP contribution is 2.24. The van der Waals surface area contributed by atoms with Crippen LogP contribution in [0.5, 0.6) is 11.5 Å². The zero-order valence-electron chi connectivity index (χ0n) is 19.5. The molecule has 0 radical (unpaired) electrons. The lowest BCUT2D eigenvalue weighted by Crippen LogP contribution is -2.49. The summed E-state index contributed by atoms with van der Waals surface area (Å²) in [5.74, 6) is -0.561. The second kappa shape index (κ2) is 11.8. The summed E-state index contributed by atoms with van der Waals surface area (Å²) in [5.41, 5.74) is 1.40. The molecule has 2 N–H and O–H groups in total. The molecule has 2 aromatic carbocycles. The van der Waals surface area contributed by atoms with Gasteiger partial charge in [0, 0.05) is 5.56 Å². The van der Waals surface area contributed by atoms with Crippen molar-refractivity contribution in [2.45, 2.75) is 58.4 Å². The number of ether oxygens (including phenoxy) is 2. The van der Waals surface area contributed by atoms with E-state index in [4.69, 9.17) is 4.74 Å². The Morgan fingerprint density at radius 1 is 1.12 bits per heavy atom. The maximum Gasteiger partial charge on any atom is 0.573 e. The second-order valence-corrected chi connectivity index (χ2v) is 8.10. The number of nitrogens with zero attached hydrogens (tertiary/aromatic N) is 1. The minimum atomic E-state index is -4.83. The van der Waals surface area contributed by atoms with Gasteiger partial charge in [0.25, 0.3) is 5.91 Å². The van der Waals surface area contributed by atoms with Gasteiger partial charge in [-0.25, -0.2) is 0 Å². The lowest BCUT2D eigenvalue weighted by Gasteiger charge is -2.25. The molecule has 2 rings (SSSR count). The van der Waals surface area contributed by atoms with Crippen LogP contribution in [-0.2, 0) is 12.8 Å². The average molecular weight is 476 g/mol. The summed E-state index contributed by atoms with van der Waals surface area (Å²) in [4.78, 5) is 12.6. The molecule has 0 spiro atoms. The van der Waals surface area contributed by atoms with Crippen LogP contribution in [0.4, 0.5) is 13.2 Å². The fourth-order valence-corrected chi connectivity index (χ4v) is 3.53. The number of carbonyl (C=O) groups is 1. The third kappa shape index (κ3) is 7.42. The van der Waals surface area contributed by atoms with Crippen molar-refractivity contribution in [1.29, 1.82) is 5.26 Å². The number of benzene rings is 2. The number of amides is 1. The third-order valence-corrected chi connectivity index (χ3v) is 5.17. The first-order valence-corrected chi connectivity index (χ1v) is 11.0. The largest absolute Gasteiger partial charge is 0.573 e. The fourth-order valence-electron chi connectivity index (χ4n) is 3.53. The van der Waals surface area contributed by atoms with E-state index in [1.54, 1.807) is 0 Å². The average Bonchev–Trinajstić information content (AvgIpc) is 2.78. The molecular formula is C24H28BF3N2O4. The van der Waals surface area contributed by atoms with Crippen molar-refractivity contribution < 1.29 is 32.5 Å². The quantitative estimate of drug-likeness (QED) is 0.484. The number of aryl methyl sites for hydroxylation is 1. The van der Waals surface area contributed by atoms with Gasteiger partial charge >= 0.3 is 13.8 Å². The van der Waals surface area contributed by atoms with E-state index >= 15 is 0 Å². The van der Waals surface area contributed by atoms with Gasteiger partial charge in [-0.05, 0) is 61.1 Å². The molecule has 1 unspecified atom stereocenters. The summed E-state index contributed by atoms with van der Waals surface area (Å²) in [6.45, 7) is 5.40. The van der Waals surface area contributed by atoms with E-state index < -0.39 is 23.6 Å². The van der Waals surface area contributed by atoms with Crippen molar-refractivity contribution >= 4 is 18.9 Å². The lowest BCUT2D eigenvalue weighted by molar-refractivity contribution is -0.274. The normalized spacial score (nSPS) is 12.9. The first-order valence-electron chi connectivity index (χ1n) is 11.0. The minimum absolute atomic E-state index is 0.0640. The van der Waals surface area contributed by atoms with Crippen molar-refractivity contribution in [2.24, 2.45) is 0 Å². The summed E-state index contributed by atoms with van der Waals surface area (Å²) < 4.78 is 46.7. The highest BCUT2D eigenvalue weighted by molar-refractivity contribution is 6.47. The van der Waals surface area contributed by atoms with Crippen molar-refractivity contribution in [3.8, 4) is 17.6 Å². The van der Waals surface area contributed by atoms with Crippen LogP contribution in [-0.4, -0.2) is 36.9 Å². The molecule has 0 aliphatic rings. The van der Waals surface area contributed by atoms with E-state index in [1.807, 2.05) is 25.1 Å². The Balaban J connectivity index is 2.16. The summed E-state index contributed by atoms with van der Waals surface area (Å²) in [5, 5.41) is 22.2. The molecule has 0 aliphatic carbocycles. The van der Waals surface area contributed by atoms with E-state index in [9.17, 15) is 28.3 Å². The van der Waals surface area contributed by atoms with Crippen LogP contribution in [0.1, 0.15) is 55.1 Å². The van der Waals surface area contributed by atoms with Gasteiger partial charge in [0.1, 0.15) is 18.1 Å². The predicted octanol–water partition coefficient (Wildman–Crippen LogP) is 3.55. The van der Waals surface area contributed by atoms with Crippen LogP contribution in [0.15, 0.2) is 36.4 Å². The number of alkyl halides is 3. The number of halogens is 3. The van der Waals surface area contributed by atoms with Crippen molar-refractivity contribution in [1.82, 2.24) is 5.32 Å². The molecule has 6 nitrogen and oxygen atoms in total. The van der Waals surface area contributed by atoms with Gasteiger partial charge in [0.05, 0.1) is 6.07 Å². The first kappa shape index (κ1) is 27.1. The molecule has 0 aliphatic heterocycles. The molecule has 2 aromatic rings. The maximum atomic E-state index is 12.6. The topological polar surface area (TPSA) is 91.6 Å².